The smallest absolute Gasteiger partial charge is 0.238 e. The molecule has 6 heteroatoms. The van der Waals surface area contributed by atoms with Crippen molar-refractivity contribution in [3.63, 3.8) is 0 Å². The van der Waals surface area contributed by atoms with Crippen molar-refractivity contribution in [3.05, 3.63) is 164 Å². The van der Waals surface area contributed by atoms with E-state index in [0.29, 0.717) is 17.6 Å². The van der Waals surface area contributed by atoms with Gasteiger partial charge in [-0.25, -0.2) is 4.98 Å². The predicted octanol–water partition coefficient (Wildman–Crippen LogP) is 11.3. The van der Waals surface area contributed by atoms with Crippen LogP contribution in [0, 0.1) is 0 Å². The molecule has 4 aromatic heterocycles. The monoisotopic (exact) mass is 653 g/mol. The standard InChI is InChI=1S/C45H27N5O/c1-4-14-28(15-5-1)43-46-44(29-16-6-2-7-17-29)48-45(47-43)50-34-22-12-10-21-33(34)39-35(50)26-27-36-40(39)41-37(49(36)30-18-8-3-9-19-30)25-24-32-31-20-11-13-23-38(31)51-42(32)41/h1-27H. The molecule has 7 aromatic carbocycles. The Bertz CT molecular complexity index is 3060. The number of fused-ring (bicyclic) bond motifs is 11. The summed E-state index contributed by atoms with van der Waals surface area (Å²) in [5, 5.41) is 6.66. The van der Waals surface area contributed by atoms with Crippen LogP contribution in [-0.2, 0) is 0 Å². The van der Waals surface area contributed by atoms with Gasteiger partial charge in [0.2, 0.25) is 5.95 Å². The predicted molar refractivity (Wildman–Crippen MR) is 207 cm³/mol. The van der Waals surface area contributed by atoms with Gasteiger partial charge < -0.3 is 8.98 Å². The molecule has 0 aliphatic heterocycles. The topological polar surface area (TPSA) is 61.7 Å². The minimum Gasteiger partial charge on any atom is -0.455 e. The van der Waals surface area contributed by atoms with Gasteiger partial charge in [0.15, 0.2) is 11.6 Å². The van der Waals surface area contributed by atoms with Crippen LogP contribution >= 0.6 is 0 Å². The number of para-hydroxylation sites is 3. The molecule has 0 unspecified atom stereocenters. The summed E-state index contributed by atoms with van der Waals surface area (Å²) in [6.45, 7) is 0. The summed E-state index contributed by atoms with van der Waals surface area (Å²) in [4.78, 5) is 15.3. The van der Waals surface area contributed by atoms with Gasteiger partial charge in [-0.15, -0.1) is 0 Å². The fourth-order valence-electron chi connectivity index (χ4n) is 7.79. The van der Waals surface area contributed by atoms with Crippen LogP contribution in [0.2, 0.25) is 0 Å². The second-order valence-electron chi connectivity index (χ2n) is 12.8. The summed E-state index contributed by atoms with van der Waals surface area (Å²) in [5.41, 5.74) is 8.93. The Labute approximate surface area is 291 Å². The third-order valence-electron chi connectivity index (χ3n) is 9.98. The molecule has 4 heterocycles. The molecular formula is C45H27N5O. The number of rotatable bonds is 4. The highest BCUT2D eigenvalue weighted by molar-refractivity contribution is 6.33. The van der Waals surface area contributed by atoms with Gasteiger partial charge in [-0.1, -0.05) is 115 Å². The van der Waals surface area contributed by atoms with E-state index in [1.807, 2.05) is 66.7 Å². The largest absolute Gasteiger partial charge is 0.455 e. The maximum absolute atomic E-state index is 6.75. The van der Waals surface area contributed by atoms with Crippen molar-refractivity contribution in [1.82, 2.24) is 24.1 Å². The van der Waals surface area contributed by atoms with Gasteiger partial charge in [-0.2, -0.15) is 9.97 Å². The first-order valence-electron chi connectivity index (χ1n) is 17.0. The normalized spacial score (nSPS) is 11.9. The lowest BCUT2D eigenvalue weighted by Gasteiger charge is -2.11. The van der Waals surface area contributed by atoms with E-state index in [4.69, 9.17) is 19.4 Å². The van der Waals surface area contributed by atoms with Gasteiger partial charge in [-0.05, 0) is 48.5 Å². The first-order chi connectivity index (χ1) is 25.3. The Morgan fingerprint density at radius 2 is 0.922 bits per heavy atom. The van der Waals surface area contributed by atoms with Crippen molar-refractivity contribution >= 4 is 65.6 Å². The minimum absolute atomic E-state index is 0.564. The van der Waals surface area contributed by atoms with Crippen molar-refractivity contribution in [3.8, 4) is 34.4 Å². The van der Waals surface area contributed by atoms with Crippen LogP contribution in [0.3, 0.4) is 0 Å². The molecule has 11 aromatic rings. The van der Waals surface area contributed by atoms with Crippen molar-refractivity contribution in [2.45, 2.75) is 0 Å². The van der Waals surface area contributed by atoms with Crippen molar-refractivity contribution in [2.75, 3.05) is 0 Å². The highest BCUT2D eigenvalue weighted by Gasteiger charge is 2.25. The van der Waals surface area contributed by atoms with Gasteiger partial charge in [0.25, 0.3) is 0 Å². The Kier molecular flexibility index (Phi) is 5.86. The van der Waals surface area contributed by atoms with E-state index in [2.05, 4.69) is 106 Å². The number of hydrogen-bond donors (Lipinski definition) is 0. The first-order valence-corrected chi connectivity index (χ1v) is 17.0. The SMILES string of the molecule is c1ccc(-c2nc(-c3ccccc3)nc(-n3c4ccccc4c4c5c6c7oc8ccccc8c7ccc6n(-c6ccccc6)c5ccc43)n2)cc1. The van der Waals surface area contributed by atoms with Crippen LogP contribution in [-0.4, -0.2) is 24.1 Å². The maximum Gasteiger partial charge on any atom is 0.238 e. The van der Waals surface area contributed by atoms with E-state index in [1.165, 1.54) is 0 Å². The average molecular weight is 654 g/mol. The van der Waals surface area contributed by atoms with Crippen LogP contribution in [0.15, 0.2) is 168 Å². The van der Waals surface area contributed by atoms with Crippen LogP contribution in [0.5, 0.6) is 0 Å². The molecule has 11 rings (SSSR count). The fourth-order valence-corrected chi connectivity index (χ4v) is 7.79. The molecule has 0 bridgehead atoms. The Morgan fingerprint density at radius 1 is 0.373 bits per heavy atom. The Morgan fingerprint density at radius 3 is 1.63 bits per heavy atom. The fraction of sp³-hybridized carbons (Fsp3) is 0. The van der Waals surface area contributed by atoms with Crippen molar-refractivity contribution in [1.29, 1.82) is 0 Å². The van der Waals surface area contributed by atoms with Crippen molar-refractivity contribution in [2.24, 2.45) is 0 Å². The lowest BCUT2D eigenvalue weighted by molar-refractivity contribution is 0.673. The lowest BCUT2D eigenvalue weighted by Crippen LogP contribution is -2.06. The number of nitrogens with zero attached hydrogens (tertiary/aromatic N) is 5. The molecule has 0 saturated carbocycles. The van der Waals surface area contributed by atoms with Gasteiger partial charge in [0, 0.05) is 43.7 Å². The molecule has 0 saturated heterocycles. The summed E-state index contributed by atoms with van der Waals surface area (Å²) in [7, 11) is 0. The molecule has 0 N–H and O–H groups in total. The molecule has 6 nitrogen and oxygen atoms in total. The Balaban J connectivity index is 1.31. The molecule has 0 aliphatic carbocycles. The summed E-state index contributed by atoms with van der Waals surface area (Å²) in [5.74, 6) is 1.81. The third kappa shape index (κ3) is 4.07. The maximum atomic E-state index is 6.75. The molecule has 0 amide bonds. The zero-order valence-corrected chi connectivity index (χ0v) is 27.2. The van der Waals surface area contributed by atoms with Crippen LogP contribution in [0.1, 0.15) is 0 Å². The van der Waals surface area contributed by atoms with Crippen LogP contribution < -0.4 is 0 Å². The van der Waals surface area contributed by atoms with E-state index in [0.717, 1.165) is 82.4 Å². The molecule has 0 atom stereocenters. The molecule has 51 heavy (non-hydrogen) atoms. The number of aromatic nitrogens is 5. The first kappa shape index (κ1) is 27.9. The van der Waals surface area contributed by atoms with Crippen LogP contribution in [0.25, 0.3) is 100.0 Å². The Hall–Kier alpha value is -7.05. The van der Waals surface area contributed by atoms with E-state index < -0.39 is 0 Å². The number of furan rings is 1. The summed E-state index contributed by atoms with van der Waals surface area (Å²) >= 11 is 0. The molecule has 0 radical (unpaired) electrons. The van der Waals surface area contributed by atoms with Gasteiger partial charge in [-0.3, -0.25) is 4.57 Å². The van der Waals surface area contributed by atoms with E-state index in [1.54, 1.807) is 0 Å². The third-order valence-corrected chi connectivity index (χ3v) is 9.98. The molecule has 238 valence electrons. The van der Waals surface area contributed by atoms with Crippen LogP contribution in [0.4, 0.5) is 0 Å². The van der Waals surface area contributed by atoms with Gasteiger partial charge in [0.05, 0.1) is 27.5 Å². The van der Waals surface area contributed by atoms with Crippen molar-refractivity contribution < 1.29 is 4.42 Å². The zero-order chi connectivity index (χ0) is 33.5. The quantitative estimate of drug-likeness (QED) is 0.190. The minimum atomic E-state index is 0.564. The van der Waals surface area contributed by atoms with E-state index in [9.17, 15) is 0 Å². The second kappa shape index (κ2) is 10.7. The molecule has 0 aliphatic rings. The number of benzene rings is 7. The number of hydrogen-bond acceptors (Lipinski definition) is 4. The summed E-state index contributed by atoms with van der Waals surface area (Å²) < 4.78 is 11.3. The highest BCUT2D eigenvalue weighted by Crippen LogP contribution is 2.46. The van der Waals surface area contributed by atoms with E-state index >= 15 is 0 Å². The summed E-state index contributed by atoms with van der Waals surface area (Å²) in [6.07, 6.45) is 0. The molecule has 0 spiro atoms. The molecule has 0 fully saturated rings. The van der Waals surface area contributed by atoms with E-state index in [-0.39, 0.29) is 0 Å². The average Bonchev–Trinajstić information content (AvgIpc) is 3.86. The second-order valence-corrected chi connectivity index (χ2v) is 12.8. The molecular weight excluding hydrogens is 627 g/mol. The zero-order valence-electron chi connectivity index (χ0n) is 27.2. The van der Waals surface area contributed by atoms with Gasteiger partial charge >= 0.3 is 0 Å². The highest BCUT2D eigenvalue weighted by atomic mass is 16.3. The lowest BCUT2D eigenvalue weighted by atomic mass is 10.0. The van der Waals surface area contributed by atoms with Gasteiger partial charge in [0.1, 0.15) is 11.2 Å². The summed E-state index contributed by atoms with van der Waals surface area (Å²) in [6, 6.07) is 56.5.